The number of rotatable bonds is 4. The summed E-state index contributed by atoms with van der Waals surface area (Å²) < 4.78 is 0. The van der Waals surface area contributed by atoms with Gasteiger partial charge in [0.15, 0.2) is 0 Å². The van der Waals surface area contributed by atoms with Gasteiger partial charge in [0.2, 0.25) is 5.91 Å². The van der Waals surface area contributed by atoms with Crippen molar-refractivity contribution in [3.05, 3.63) is 71.8 Å². The van der Waals surface area contributed by atoms with Crippen molar-refractivity contribution in [3.8, 4) is 22.5 Å². The zero-order chi connectivity index (χ0) is 20.5. The van der Waals surface area contributed by atoms with Gasteiger partial charge in [-0.05, 0) is 36.2 Å². The minimum Gasteiger partial charge on any atom is -0.478 e. The fourth-order valence-electron chi connectivity index (χ4n) is 3.42. The highest BCUT2D eigenvalue weighted by molar-refractivity contribution is 6.02. The molecule has 0 spiro atoms. The molecule has 1 aromatic heterocycles. The number of aryl methyl sites for hydroxylation is 1. The lowest BCUT2D eigenvalue weighted by Gasteiger charge is -2.12. The highest BCUT2D eigenvalue weighted by atomic mass is 16.4. The molecule has 4 rings (SSSR count). The monoisotopic (exact) mass is 385 g/mol. The number of hydrogen-bond acceptors (Lipinski definition) is 3. The Morgan fingerprint density at radius 1 is 1.00 bits per heavy atom. The Kier molecular flexibility index (Phi) is 4.60. The lowest BCUT2D eigenvalue weighted by molar-refractivity contribution is -0.114. The first kappa shape index (κ1) is 18.4. The van der Waals surface area contributed by atoms with Gasteiger partial charge in [0.1, 0.15) is 11.3 Å². The van der Waals surface area contributed by atoms with Gasteiger partial charge in [-0.1, -0.05) is 42.5 Å². The number of aromatic amines is 1. The number of carboxylic acids is 1. The summed E-state index contributed by atoms with van der Waals surface area (Å²) in [5.41, 5.74) is 5.35. The number of carbonyl (C=O) groups is 2. The van der Waals surface area contributed by atoms with Gasteiger partial charge in [0, 0.05) is 23.7 Å². The first-order chi connectivity index (χ1) is 13.9. The van der Waals surface area contributed by atoms with E-state index in [1.807, 2.05) is 61.5 Å². The van der Waals surface area contributed by atoms with Crippen LogP contribution in [0.4, 0.5) is 5.69 Å². The van der Waals surface area contributed by atoms with E-state index in [1.54, 1.807) is 6.07 Å². The van der Waals surface area contributed by atoms with Crippen molar-refractivity contribution in [2.24, 2.45) is 0 Å². The van der Waals surface area contributed by atoms with Crippen LogP contribution < -0.4 is 5.32 Å². The molecule has 0 atom stereocenters. The zero-order valence-electron chi connectivity index (χ0n) is 16.0. The maximum Gasteiger partial charge on any atom is 0.337 e. The summed E-state index contributed by atoms with van der Waals surface area (Å²) in [6, 6.07) is 18.9. The number of nitrogens with zero attached hydrogens (tertiary/aromatic N) is 1. The second-order valence-electron chi connectivity index (χ2n) is 6.91. The van der Waals surface area contributed by atoms with Crippen LogP contribution in [0.1, 0.15) is 22.8 Å². The highest BCUT2D eigenvalue weighted by Crippen LogP contribution is 2.33. The number of nitrogens with one attached hydrogen (secondary N) is 2. The predicted octanol–water partition coefficient (Wildman–Crippen LogP) is 4.86. The molecule has 144 valence electrons. The number of carbonyl (C=O) groups excluding carboxylic acids is 1. The zero-order valence-corrected chi connectivity index (χ0v) is 16.0. The van der Waals surface area contributed by atoms with Crippen LogP contribution in [0, 0.1) is 6.92 Å². The lowest BCUT2D eigenvalue weighted by Crippen LogP contribution is -2.07. The fourth-order valence-corrected chi connectivity index (χ4v) is 3.42. The highest BCUT2D eigenvalue weighted by Gasteiger charge is 2.16. The summed E-state index contributed by atoms with van der Waals surface area (Å²) in [6.45, 7) is 3.31. The molecular weight excluding hydrogens is 366 g/mol. The van der Waals surface area contributed by atoms with Crippen molar-refractivity contribution in [2.45, 2.75) is 13.8 Å². The van der Waals surface area contributed by atoms with E-state index in [0.717, 1.165) is 22.3 Å². The Hall–Kier alpha value is -3.93. The minimum absolute atomic E-state index is 0.158. The Balaban J connectivity index is 1.86. The van der Waals surface area contributed by atoms with Crippen LogP contribution in [0.25, 0.3) is 33.5 Å². The van der Waals surface area contributed by atoms with E-state index < -0.39 is 5.97 Å². The molecule has 0 radical (unpaired) electrons. The molecule has 3 aromatic carbocycles. The molecule has 0 unspecified atom stereocenters. The molecule has 4 aromatic rings. The van der Waals surface area contributed by atoms with Crippen molar-refractivity contribution >= 4 is 28.6 Å². The maximum atomic E-state index is 11.7. The molecule has 0 saturated heterocycles. The topological polar surface area (TPSA) is 95.1 Å². The van der Waals surface area contributed by atoms with Crippen LogP contribution in [0.2, 0.25) is 0 Å². The second-order valence-corrected chi connectivity index (χ2v) is 6.91. The summed E-state index contributed by atoms with van der Waals surface area (Å²) in [4.78, 5) is 31.1. The third kappa shape index (κ3) is 3.60. The van der Waals surface area contributed by atoms with Crippen molar-refractivity contribution in [2.75, 3.05) is 5.32 Å². The predicted molar refractivity (Wildman–Crippen MR) is 113 cm³/mol. The molecule has 6 nitrogen and oxygen atoms in total. The van der Waals surface area contributed by atoms with Crippen LogP contribution >= 0.6 is 0 Å². The summed E-state index contributed by atoms with van der Waals surface area (Å²) in [7, 11) is 0. The molecule has 1 heterocycles. The van der Waals surface area contributed by atoms with Gasteiger partial charge in [-0.15, -0.1) is 0 Å². The number of amides is 1. The van der Waals surface area contributed by atoms with Gasteiger partial charge in [0.25, 0.3) is 0 Å². The normalized spacial score (nSPS) is 10.8. The van der Waals surface area contributed by atoms with E-state index in [1.165, 1.54) is 6.92 Å². The number of benzene rings is 3. The van der Waals surface area contributed by atoms with E-state index >= 15 is 0 Å². The molecule has 29 heavy (non-hydrogen) atoms. The van der Waals surface area contributed by atoms with Gasteiger partial charge in [-0.3, -0.25) is 4.79 Å². The van der Waals surface area contributed by atoms with Crippen molar-refractivity contribution in [3.63, 3.8) is 0 Å². The molecule has 0 aliphatic heterocycles. The van der Waals surface area contributed by atoms with Gasteiger partial charge in [-0.2, -0.15) is 0 Å². The smallest absolute Gasteiger partial charge is 0.337 e. The minimum atomic E-state index is -1.02. The molecule has 0 aliphatic carbocycles. The summed E-state index contributed by atoms with van der Waals surface area (Å²) >= 11 is 0. The van der Waals surface area contributed by atoms with Crippen LogP contribution in [0.15, 0.2) is 60.7 Å². The standard InChI is InChI=1S/C23H19N3O3/c1-13-10-18(23(28)29)21-20(11-13)25-22(26-21)16-8-9-17(15-6-4-3-5-7-15)19(12-16)24-14(2)27/h3-12H,1-2H3,(H,24,27)(H,25,26)(H,28,29). The molecular formula is C23H19N3O3. The number of anilines is 1. The SMILES string of the molecule is CC(=O)Nc1cc(-c2nc3c(C(=O)O)cc(C)cc3[nH]2)ccc1-c1ccccc1. The Morgan fingerprint density at radius 3 is 2.45 bits per heavy atom. The van der Waals surface area contributed by atoms with E-state index in [2.05, 4.69) is 15.3 Å². The second kappa shape index (κ2) is 7.24. The quantitative estimate of drug-likeness (QED) is 0.467. The third-order valence-corrected chi connectivity index (χ3v) is 4.65. The molecule has 0 bridgehead atoms. The van der Waals surface area contributed by atoms with Crippen LogP contribution in [-0.4, -0.2) is 27.0 Å². The molecule has 0 aliphatic rings. The van der Waals surface area contributed by atoms with Crippen molar-refractivity contribution in [1.82, 2.24) is 9.97 Å². The number of fused-ring (bicyclic) bond motifs is 1. The van der Waals surface area contributed by atoms with E-state index in [9.17, 15) is 14.7 Å². The fraction of sp³-hybridized carbons (Fsp3) is 0.0870. The summed E-state index contributed by atoms with van der Waals surface area (Å²) in [6.07, 6.45) is 0. The van der Waals surface area contributed by atoms with Crippen LogP contribution in [-0.2, 0) is 4.79 Å². The average Bonchev–Trinajstić information content (AvgIpc) is 3.11. The van der Waals surface area contributed by atoms with E-state index in [-0.39, 0.29) is 11.5 Å². The van der Waals surface area contributed by atoms with Gasteiger partial charge < -0.3 is 15.4 Å². The Bertz CT molecular complexity index is 1240. The number of H-pyrrole nitrogens is 1. The number of aromatic nitrogens is 2. The van der Waals surface area contributed by atoms with Crippen LogP contribution in [0.3, 0.4) is 0 Å². The number of imidazole rings is 1. The first-order valence-corrected chi connectivity index (χ1v) is 9.13. The summed E-state index contributed by atoms with van der Waals surface area (Å²) in [5, 5.41) is 12.4. The maximum absolute atomic E-state index is 11.7. The summed E-state index contributed by atoms with van der Waals surface area (Å²) in [5.74, 6) is -0.651. The van der Waals surface area contributed by atoms with Gasteiger partial charge in [0.05, 0.1) is 11.1 Å². The number of hydrogen-bond donors (Lipinski definition) is 3. The van der Waals surface area contributed by atoms with Crippen LogP contribution in [0.5, 0.6) is 0 Å². The number of carboxylic acid groups (broad SMARTS) is 1. The number of aromatic carboxylic acids is 1. The average molecular weight is 385 g/mol. The largest absolute Gasteiger partial charge is 0.478 e. The Labute approximate surface area is 167 Å². The van der Waals surface area contributed by atoms with Crippen molar-refractivity contribution < 1.29 is 14.7 Å². The third-order valence-electron chi connectivity index (χ3n) is 4.65. The molecule has 0 saturated carbocycles. The molecule has 0 fully saturated rings. The van der Waals surface area contributed by atoms with Crippen molar-refractivity contribution in [1.29, 1.82) is 0 Å². The van der Waals surface area contributed by atoms with E-state index in [0.29, 0.717) is 22.5 Å². The molecule has 1 amide bonds. The molecule has 6 heteroatoms. The lowest BCUT2D eigenvalue weighted by atomic mass is 10.0. The van der Waals surface area contributed by atoms with Gasteiger partial charge in [-0.25, -0.2) is 9.78 Å². The Morgan fingerprint density at radius 2 is 1.76 bits per heavy atom. The first-order valence-electron chi connectivity index (χ1n) is 9.13. The van der Waals surface area contributed by atoms with E-state index in [4.69, 9.17) is 0 Å². The molecule has 3 N–H and O–H groups in total. The van der Waals surface area contributed by atoms with Gasteiger partial charge >= 0.3 is 5.97 Å².